The number of rotatable bonds is 5. The highest BCUT2D eigenvalue weighted by Crippen LogP contribution is 2.37. The first kappa shape index (κ1) is 21.1. The van der Waals surface area contributed by atoms with Gasteiger partial charge in [0.05, 0.1) is 25.4 Å². The number of piperidine rings is 1. The second kappa shape index (κ2) is 8.52. The zero-order chi connectivity index (χ0) is 22.0. The molecule has 0 spiro atoms. The van der Waals surface area contributed by atoms with E-state index < -0.39 is 5.60 Å². The fourth-order valence-corrected chi connectivity index (χ4v) is 3.69. The Kier molecular flexibility index (Phi) is 5.79. The minimum Gasteiger partial charge on any atom is -0.481 e. The van der Waals surface area contributed by atoms with Crippen LogP contribution < -0.4 is 9.47 Å². The Hall–Kier alpha value is -3.17. The minimum absolute atomic E-state index is 0.152. The molecule has 1 amide bonds. The molecule has 0 atom stereocenters. The molecule has 2 aromatic heterocycles. The number of likely N-dealkylation sites (tertiary alicyclic amines) is 1. The first-order chi connectivity index (χ1) is 14.9. The molecule has 1 saturated heterocycles. The third kappa shape index (κ3) is 4.19. The first-order valence-electron chi connectivity index (χ1n) is 9.63. The summed E-state index contributed by atoms with van der Waals surface area (Å²) < 4.78 is 15.6. The molecule has 31 heavy (non-hydrogen) atoms. The lowest BCUT2D eigenvalue weighted by Crippen LogP contribution is -2.45. The van der Waals surface area contributed by atoms with Gasteiger partial charge in [-0.05, 0) is 37.1 Å². The number of amides is 1. The van der Waals surface area contributed by atoms with E-state index in [1.807, 2.05) is 0 Å². The summed E-state index contributed by atoms with van der Waals surface area (Å²) in [6.07, 6.45) is 2.09. The van der Waals surface area contributed by atoms with Crippen LogP contribution >= 0.6 is 11.6 Å². The molecule has 1 aliphatic heterocycles. The molecule has 10 heteroatoms. The predicted octanol–water partition coefficient (Wildman–Crippen LogP) is 2.93. The molecule has 162 valence electrons. The van der Waals surface area contributed by atoms with Gasteiger partial charge in [-0.15, -0.1) is 0 Å². The normalized spacial score (nSPS) is 15.5. The van der Waals surface area contributed by atoms with E-state index in [-0.39, 0.29) is 23.5 Å². The summed E-state index contributed by atoms with van der Waals surface area (Å²) in [5, 5.41) is 15.7. The van der Waals surface area contributed by atoms with E-state index in [4.69, 9.17) is 25.6 Å². The Labute approximate surface area is 183 Å². The SMILES string of the molecule is COc1ncc(C2(O)CCN(C(=O)c3cc(-c4ccc(Cl)cc4)on3)CC2)c(OC)n1. The van der Waals surface area contributed by atoms with Gasteiger partial charge in [-0.25, -0.2) is 4.98 Å². The molecule has 0 bridgehead atoms. The number of hydrogen-bond acceptors (Lipinski definition) is 8. The van der Waals surface area contributed by atoms with E-state index in [9.17, 15) is 9.90 Å². The van der Waals surface area contributed by atoms with Crippen molar-refractivity contribution < 1.29 is 23.9 Å². The van der Waals surface area contributed by atoms with Gasteiger partial charge >= 0.3 is 6.01 Å². The number of nitrogens with zero attached hydrogens (tertiary/aromatic N) is 4. The monoisotopic (exact) mass is 444 g/mol. The van der Waals surface area contributed by atoms with Crippen molar-refractivity contribution >= 4 is 17.5 Å². The average molecular weight is 445 g/mol. The second-order valence-corrected chi connectivity index (χ2v) is 7.62. The van der Waals surface area contributed by atoms with Crippen LogP contribution in [0.3, 0.4) is 0 Å². The summed E-state index contributed by atoms with van der Waals surface area (Å²) in [4.78, 5) is 22.7. The molecular formula is C21H21ClN4O5. The van der Waals surface area contributed by atoms with Gasteiger partial charge in [-0.2, -0.15) is 4.98 Å². The summed E-state index contributed by atoms with van der Waals surface area (Å²) in [6, 6.07) is 8.82. The number of aliphatic hydroxyl groups is 1. The zero-order valence-corrected chi connectivity index (χ0v) is 17.8. The predicted molar refractivity (Wildman–Crippen MR) is 111 cm³/mol. The van der Waals surface area contributed by atoms with Crippen LogP contribution in [0.1, 0.15) is 28.9 Å². The van der Waals surface area contributed by atoms with Crippen LogP contribution in [0.25, 0.3) is 11.3 Å². The Morgan fingerprint density at radius 2 is 1.90 bits per heavy atom. The number of carbonyl (C=O) groups is 1. The van der Waals surface area contributed by atoms with Crippen molar-refractivity contribution in [3.8, 4) is 23.2 Å². The van der Waals surface area contributed by atoms with Crippen LogP contribution in [0.5, 0.6) is 11.9 Å². The fraction of sp³-hybridized carbons (Fsp3) is 0.333. The van der Waals surface area contributed by atoms with E-state index in [1.54, 1.807) is 35.2 Å². The Balaban J connectivity index is 1.46. The van der Waals surface area contributed by atoms with Gasteiger partial charge in [-0.3, -0.25) is 4.79 Å². The van der Waals surface area contributed by atoms with E-state index in [2.05, 4.69) is 15.1 Å². The van der Waals surface area contributed by atoms with E-state index >= 15 is 0 Å². The molecule has 0 unspecified atom stereocenters. The van der Waals surface area contributed by atoms with Crippen molar-refractivity contribution in [2.45, 2.75) is 18.4 Å². The summed E-state index contributed by atoms with van der Waals surface area (Å²) in [5.74, 6) is 0.468. The minimum atomic E-state index is -1.22. The standard InChI is InChI=1S/C21H21ClN4O5/c1-29-18-15(12-23-20(24-18)30-2)21(28)7-9-26(10-8-21)19(27)16-11-17(31-25-16)13-3-5-14(22)6-4-13/h3-6,11-12,28H,7-10H2,1-2H3. The van der Waals surface area contributed by atoms with Crippen molar-refractivity contribution in [1.29, 1.82) is 0 Å². The van der Waals surface area contributed by atoms with Crippen molar-refractivity contribution in [3.63, 3.8) is 0 Å². The zero-order valence-electron chi connectivity index (χ0n) is 17.0. The highest BCUT2D eigenvalue weighted by Gasteiger charge is 2.39. The van der Waals surface area contributed by atoms with Crippen LogP contribution in [0.4, 0.5) is 0 Å². The molecule has 1 fully saturated rings. The second-order valence-electron chi connectivity index (χ2n) is 7.19. The third-order valence-corrected chi connectivity index (χ3v) is 5.60. The largest absolute Gasteiger partial charge is 0.481 e. The summed E-state index contributed by atoms with van der Waals surface area (Å²) in [5.41, 5.74) is 0.234. The van der Waals surface area contributed by atoms with Gasteiger partial charge in [0.1, 0.15) is 0 Å². The van der Waals surface area contributed by atoms with Crippen molar-refractivity contribution in [2.24, 2.45) is 0 Å². The van der Waals surface area contributed by atoms with Crippen LogP contribution in [0, 0.1) is 0 Å². The molecule has 4 rings (SSSR count). The summed E-state index contributed by atoms with van der Waals surface area (Å²) >= 11 is 5.91. The van der Waals surface area contributed by atoms with Gasteiger partial charge in [0, 0.05) is 35.9 Å². The van der Waals surface area contributed by atoms with Gasteiger partial charge < -0.3 is 24.0 Å². The van der Waals surface area contributed by atoms with Crippen LogP contribution in [-0.4, -0.2) is 58.3 Å². The van der Waals surface area contributed by atoms with Crippen LogP contribution in [0.2, 0.25) is 5.02 Å². The molecule has 0 radical (unpaired) electrons. The molecule has 1 aromatic carbocycles. The molecular weight excluding hydrogens is 424 g/mol. The maximum absolute atomic E-state index is 12.9. The van der Waals surface area contributed by atoms with Crippen molar-refractivity contribution in [2.75, 3.05) is 27.3 Å². The Bertz CT molecular complexity index is 1080. The maximum atomic E-state index is 12.9. The van der Waals surface area contributed by atoms with Crippen molar-refractivity contribution in [1.82, 2.24) is 20.0 Å². The molecule has 3 aromatic rings. The molecule has 3 heterocycles. The van der Waals surface area contributed by atoms with Crippen LogP contribution in [0.15, 0.2) is 41.1 Å². The van der Waals surface area contributed by atoms with Crippen molar-refractivity contribution in [3.05, 3.63) is 52.8 Å². The summed E-state index contributed by atoms with van der Waals surface area (Å²) in [6.45, 7) is 0.654. The number of hydrogen-bond donors (Lipinski definition) is 1. The number of benzene rings is 1. The smallest absolute Gasteiger partial charge is 0.319 e. The molecule has 1 N–H and O–H groups in total. The van der Waals surface area contributed by atoms with Gasteiger partial charge in [-0.1, -0.05) is 16.8 Å². The average Bonchev–Trinajstić information content (AvgIpc) is 3.29. The van der Waals surface area contributed by atoms with E-state index in [0.717, 1.165) is 5.56 Å². The Morgan fingerprint density at radius 3 is 2.55 bits per heavy atom. The quantitative estimate of drug-likeness (QED) is 0.639. The molecule has 9 nitrogen and oxygen atoms in total. The lowest BCUT2D eigenvalue weighted by Gasteiger charge is -2.38. The molecule has 1 aliphatic rings. The number of halogens is 1. The molecule has 0 aliphatic carbocycles. The van der Waals surface area contributed by atoms with Gasteiger partial charge in [0.15, 0.2) is 11.5 Å². The fourth-order valence-electron chi connectivity index (χ4n) is 3.56. The topological polar surface area (TPSA) is 111 Å². The number of ether oxygens (including phenoxy) is 2. The highest BCUT2D eigenvalue weighted by molar-refractivity contribution is 6.30. The highest BCUT2D eigenvalue weighted by atomic mass is 35.5. The molecule has 0 saturated carbocycles. The lowest BCUT2D eigenvalue weighted by atomic mass is 9.85. The third-order valence-electron chi connectivity index (χ3n) is 5.34. The Morgan fingerprint density at radius 1 is 1.19 bits per heavy atom. The van der Waals surface area contributed by atoms with E-state index in [1.165, 1.54) is 20.4 Å². The van der Waals surface area contributed by atoms with Gasteiger partial charge in [0.25, 0.3) is 5.91 Å². The van der Waals surface area contributed by atoms with Gasteiger partial charge in [0.2, 0.25) is 5.88 Å². The van der Waals surface area contributed by atoms with Crippen LogP contribution in [-0.2, 0) is 5.60 Å². The number of carbonyl (C=O) groups excluding carboxylic acids is 1. The number of methoxy groups -OCH3 is 2. The first-order valence-corrected chi connectivity index (χ1v) is 10.0. The number of aromatic nitrogens is 3. The summed E-state index contributed by atoms with van der Waals surface area (Å²) in [7, 11) is 2.92. The lowest BCUT2D eigenvalue weighted by molar-refractivity contribution is -0.0235. The maximum Gasteiger partial charge on any atom is 0.319 e. The van der Waals surface area contributed by atoms with E-state index in [0.29, 0.717) is 42.3 Å².